The zero-order valence-corrected chi connectivity index (χ0v) is 9.24. The number of rotatable bonds is 3. The van der Waals surface area contributed by atoms with E-state index in [9.17, 15) is 4.79 Å². The molecule has 3 N–H and O–H groups in total. The van der Waals surface area contributed by atoms with Crippen molar-refractivity contribution in [1.82, 2.24) is 9.97 Å². The van der Waals surface area contributed by atoms with Crippen molar-refractivity contribution in [2.45, 2.75) is 5.16 Å². The monoisotopic (exact) mass is 232 g/mol. The average molecular weight is 233 g/mol. The highest BCUT2D eigenvalue weighted by atomic mass is 35.5. The van der Waals surface area contributed by atoms with Crippen molar-refractivity contribution in [2.24, 2.45) is 5.73 Å². The zero-order valence-electron chi connectivity index (χ0n) is 7.67. The SMILES string of the molecule is CNc1nc(SC)nc(Cl)c1C(N)=O. The second-order valence-electron chi connectivity index (χ2n) is 2.34. The fourth-order valence-corrected chi connectivity index (χ4v) is 1.58. The topological polar surface area (TPSA) is 80.9 Å². The summed E-state index contributed by atoms with van der Waals surface area (Å²) in [6, 6.07) is 0. The third-order valence-corrected chi connectivity index (χ3v) is 2.33. The van der Waals surface area contributed by atoms with Gasteiger partial charge >= 0.3 is 0 Å². The van der Waals surface area contributed by atoms with Crippen LogP contribution in [0.1, 0.15) is 10.4 Å². The summed E-state index contributed by atoms with van der Waals surface area (Å²) in [7, 11) is 1.63. The molecule has 14 heavy (non-hydrogen) atoms. The van der Waals surface area contributed by atoms with E-state index in [1.807, 2.05) is 6.26 Å². The van der Waals surface area contributed by atoms with Gasteiger partial charge < -0.3 is 11.1 Å². The normalized spacial score (nSPS) is 9.93. The minimum atomic E-state index is -0.646. The van der Waals surface area contributed by atoms with Crippen molar-refractivity contribution >= 4 is 35.1 Å². The van der Waals surface area contributed by atoms with Crippen molar-refractivity contribution in [3.05, 3.63) is 10.7 Å². The van der Waals surface area contributed by atoms with E-state index in [2.05, 4.69) is 15.3 Å². The summed E-state index contributed by atoms with van der Waals surface area (Å²) in [5, 5.41) is 3.30. The van der Waals surface area contributed by atoms with E-state index in [1.54, 1.807) is 7.05 Å². The summed E-state index contributed by atoms with van der Waals surface area (Å²) in [4.78, 5) is 19.0. The van der Waals surface area contributed by atoms with Crippen molar-refractivity contribution < 1.29 is 4.79 Å². The summed E-state index contributed by atoms with van der Waals surface area (Å²) in [6.07, 6.45) is 1.81. The molecule has 1 heterocycles. The number of carbonyl (C=O) groups excluding carboxylic acids is 1. The maximum atomic E-state index is 11.0. The van der Waals surface area contributed by atoms with Gasteiger partial charge in [-0.25, -0.2) is 9.97 Å². The molecule has 0 spiro atoms. The molecule has 1 aromatic heterocycles. The number of aromatic nitrogens is 2. The van der Waals surface area contributed by atoms with Gasteiger partial charge in [-0.1, -0.05) is 23.4 Å². The molecule has 7 heteroatoms. The lowest BCUT2D eigenvalue weighted by Crippen LogP contribution is -2.16. The van der Waals surface area contributed by atoms with E-state index in [1.165, 1.54) is 11.8 Å². The van der Waals surface area contributed by atoms with Crippen LogP contribution in [0.15, 0.2) is 5.16 Å². The zero-order chi connectivity index (χ0) is 10.7. The molecule has 0 aliphatic carbocycles. The number of nitrogens with two attached hydrogens (primary N) is 1. The fourth-order valence-electron chi connectivity index (χ4n) is 0.905. The Balaban J connectivity index is 3.34. The van der Waals surface area contributed by atoms with Gasteiger partial charge in [0.15, 0.2) is 5.16 Å². The Morgan fingerprint density at radius 3 is 2.64 bits per heavy atom. The van der Waals surface area contributed by atoms with Crippen molar-refractivity contribution in [1.29, 1.82) is 0 Å². The standard InChI is InChI=1S/C7H9ClN4OS/c1-10-6-3(5(9)13)4(8)11-7(12-6)14-2/h1-2H3,(H2,9,13)(H,10,11,12). The number of nitrogens with one attached hydrogen (secondary N) is 1. The van der Waals surface area contributed by atoms with Crippen LogP contribution >= 0.6 is 23.4 Å². The summed E-state index contributed by atoms with van der Waals surface area (Å²) in [6.45, 7) is 0. The second-order valence-corrected chi connectivity index (χ2v) is 3.47. The lowest BCUT2D eigenvalue weighted by Gasteiger charge is -2.07. The second kappa shape index (κ2) is 4.47. The molecule has 0 unspecified atom stereocenters. The Morgan fingerprint density at radius 2 is 2.21 bits per heavy atom. The number of anilines is 1. The third-order valence-electron chi connectivity index (χ3n) is 1.51. The molecule has 5 nitrogen and oxygen atoms in total. The van der Waals surface area contributed by atoms with Gasteiger partial charge in [0.1, 0.15) is 16.5 Å². The minimum absolute atomic E-state index is 0.0706. The van der Waals surface area contributed by atoms with Crippen LogP contribution in [-0.4, -0.2) is 29.2 Å². The van der Waals surface area contributed by atoms with E-state index >= 15 is 0 Å². The molecular weight excluding hydrogens is 224 g/mol. The van der Waals surface area contributed by atoms with Crippen LogP contribution in [-0.2, 0) is 0 Å². The van der Waals surface area contributed by atoms with Gasteiger partial charge in [0.05, 0.1) is 0 Å². The van der Waals surface area contributed by atoms with E-state index in [0.29, 0.717) is 11.0 Å². The highest BCUT2D eigenvalue weighted by molar-refractivity contribution is 7.98. The first-order valence-electron chi connectivity index (χ1n) is 3.69. The number of hydrogen-bond donors (Lipinski definition) is 2. The molecule has 1 rings (SSSR count). The molecule has 0 atom stereocenters. The van der Waals surface area contributed by atoms with Gasteiger partial charge in [0.2, 0.25) is 0 Å². The Kier molecular flexibility index (Phi) is 3.54. The number of primary amides is 1. The van der Waals surface area contributed by atoms with Crippen LogP contribution in [0, 0.1) is 0 Å². The predicted octanol–water partition coefficient (Wildman–Crippen LogP) is 0.992. The molecule has 0 fully saturated rings. The van der Waals surface area contributed by atoms with Crippen LogP contribution < -0.4 is 11.1 Å². The Bertz CT molecular complexity index is 371. The highest BCUT2D eigenvalue weighted by Gasteiger charge is 2.16. The average Bonchev–Trinajstić information content (AvgIpc) is 2.15. The number of thioether (sulfide) groups is 1. The van der Waals surface area contributed by atoms with Crippen molar-refractivity contribution in [2.75, 3.05) is 18.6 Å². The van der Waals surface area contributed by atoms with E-state index in [4.69, 9.17) is 17.3 Å². The molecule has 0 aliphatic heterocycles. The number of hydrogen-bond acceptors (Lipinski definition) is 5. The minimum Gasteiger partial charge on any atom is -0.372 e. The molecule has 0 bridgehead atoms. The van der Waals surface area contributed by atoms with Crippen molar-refractivity contribution in [3.8, 4) is 0 Å². The summed E-state index contributed by atoms with van der Waals surface area (Å²) >= 11 is 7.12. The molecule has 0 saturated heterocycles. The molecule has 76 valence electrons. The summed E-state index contributed by atoms with van der Waals surface area (Å²) < 4.78 is 0. The van der Waals surface area contributed by atoms with E-state index < -0.39 is 5.91 Å². The number of nitrogens with zero attached hydrogens (tertiary/aromatic N) is 2. The third kappa shape index (κ3) is 2.08. The van der Waals surface area contributed by atoms with Crippen LogP contribution in [0.2, 0.25) is 5.15 Å². The van der Waals surface area contributed by atoms with Gasteiger partial charge in [-0.3, -0.25) is 4.79 Å². The van der Waals surface area contributed by atoms with Crippen LogP contribution in [0.25, 0.3) is 0 Å². The number of carbonyl (C=O) groups is 1. The van der Waals surface area contributed by atoms with Gasteiger partial charge in [0.25, 0.3) is 5.91 Å². The summed E-state index contributed by atoms with van der Waals surface area (Å²) in [5.41, 5.74) is 5.25. The van der Waals surface area contributed by atoms with E-state index in [0.717, 1.165) is 0 Å². The van der Waals surface area contributed by atoms with Crippen LogP contribution in [0.5, 0.6) is 0 Å². The Hall–Kier alpha value is -1.01. The van der Waals surface area contributed by atoms with Gasteiger partial charge in [-0.2, -0.15) is 0 Å². The molecule has 0 aliphatic rings. The van der Waals surface area contributed by atoms with Gasteiger partial charge in [0, 0.05) is 7.05 Å². The fraction of sp³-hybridized carbons (Fsp3) is 0.286. The van der Waals surface area contributed by atoms with Crippen LogP contribution in [0.3, 0.4) is 0 Å². The lowest BCUT2D eigenvalue weighted by atomic mass is 10.3. The number of halogens is 1. The maximum Gasteiger partial charge on any atom is 0.255 e. The molecule has 0 radical (unpaired) electrons. The lowest BCUT2D eigenvalue weighted by molar-refractivity contribution is 0.100. The molecule has 0 aromatic carbocycles. The quantitative estimate of drug-likeness (QED) is 0.462. The first-order valence-corrected chi connectivity index (χ1v) is 5.29. The molecule has 1 aromatic rings. The molecular formula is C7H9ClN4OS. The first-order chi connectivity index (χ1) is 6.60. The van der Waals surface area contributed by atoms with Gasteiger partial charge in [-0.05, 0) is 6.26 Å². The largest absolute Gasteiger partial charge is 0.372 e. The van der Waals surface area contributed by atoms with Gasteiger partial charge in [-0.15, -0.1) is 0 Å². The summed E-state index contributed by atoms with van der Waals surface area (Å²) in [5.74, 6) is -0.297. The van der Waals surface area contributed by atoms with Crippen LogP contribution in [0.4, 0.5) is 5.82 Å². The maximum absolute atomic E-state index is 11.0. The van der Waals surface area contributed by atoms with Crippen molar-refractivity contribution in [3.63, 3.8) is 0 Å². The first kappa shape index (κ1) is 11.1. The Morgan fingerprint density at radius 1 is 1.57 bits per heavy atom. The Labute approximate surface area is 90.4 Å². The molecule has 0 saturated carbocycles. The smallest absolute Gasteiger partial charge is 0.255 e. The van der Waals surface area contributed by atoms with E-state index in [-0.39, 0.29) is 10.7 Å². The molecule has 1 amide bonds. The predicted molar refractivity (Wildman–Crippen MR) is 56.9 cm³/mol. The highest BCUT2D eigenvalue weighted by Crippen LogP contribution is 2.23. The number of amides is 1.